The molecule has 0 unspecified atom stereocenters. The van der Waals surface area contributed by atoms with Crippen molar-refractivity contribution >= 4 is 52.5 Å². The monoisotopic (exact) mass is 348 g/mol. The number of hydrogen-bond donors (Lipinski definition) is 1. The predicted molar refractivity (Wildman–Crippen MR) is 80.1 cm³/mol. The van der Waals surface area contributed by atoms with Crippen molar-refractivity contribution in [3.8, 4) is 0 Å². The normalized spacial score (nSPS) is 11.9. The SMILES string of the molecule is CS(=O)(=O)CCCNc1nc2cc(Br)ccc2s1. The van der Waals surface area contributed by atoms with Crippen molar-refractivity contribution in [2.45, 2.75) is 6.42 Å². The Balaban J connectivity index is 1.96. The molecule has 4 nitrogen and oxygen atoms in total. The molecule has 0 radical (unpaired) electrons. The van der Waals surface area contributed by atoms with E-state index in [-0.39, 0.29) is 5.75 Å². The Morgan fingerprint density at radius 3 is 2.94 bits per heavy atom. The first kappa shape index (κ1) is 13.8. The van der Waals surface area contributed by atoms with Crippen LogP contribution < -0.4 is 5.32 Å². The molecule has 0 fully saturated rings. The maximum absolute atomic E-state index is 11.0. The minimum absolute atomic E-state index is 0.205. The van der Waals surface area contributed by atoms with Gasteiger partial charge in [-0.25, -0.2) is 13.4 Å². The second kappa shape index (κ2) is 5.54. The van der Waals surface area contributed by atoms with E-state index in [0.717, 1.165) is 19.8 Å². The summed E-state index contributed by atoms with van der Waals surface area (Å²) in [5.41, 5.74) is 0.944. The number of rotatable bonds is 5. The van der Waals surface area contributed by atoms with Gasteiger partial charge in [-0.2, -0.15) is 0 Å². The summed E-state index contributed by atoms with van der Waals surface area (Å²) in [6.07, 6.45) is 1.85. The molecule has 0 saturated carbocycles. The van der Waals surface area contributed by atoms with Gasteiger partial charge in [0.15, 0.2) is 5.13 Å². The number of nitrogens with zero attached hydrogens (tertiary/aromatic N) is 1. The largest absolute Gasteiger partial charge is 0.361 e. The van der Waals surface area contributed by atoms with E-state index >= 15 is 0 Å². The number of nitrogens with one attached hydrogen (secondary N) is 1. The standard InChI is InChI=1S/C11H13BrN2O2S2/c1-18(15,16)6-2-5-13-11-14-9-7-8(12)3-4-10(9)17-11/h3-4,7H,2,5-6H2,1H3,(H,13,14). The lowest BCUT2D eigenvalue weighted by Crippen LogP contribution is -2.09. The fourth-order valence-electron chi connectivity index (χ4n) is 1.51. The summed E-state index contributed by atoms with van der Waals surface area (Å²) in [6, 6.07) is 5.96. The number of thiazole rings is 1. The van der Waals surface area contributed by atoms with Crippen LogP contribution in [-0.4, -0.2) is 32.0 Å². The van der Waals surface area contributed by atoms with Gasteiger partial charge >= 0.3 is 0 Å². The molecule has 1 N–H and O–H groups in total. The van der Waals surface area contributed by atoms with Crippen LogP contribution >= 0.6 is 27.3 Å². The van der Waals surface area contributed by atoms with Crippen LogP contribution in [0.15, 0.2) is 22.7 Å². The minimum atomic E-state index is -2.87. The van der Waals surface area contributed by atoms with Crippen molar-refractivity contribution in [1.82, 2.24) is 4.98 Å². The second-order valence-corrected chi connectivity index (χ2v) is 8.25. The molecule has 2 rings (SSSR count). The summed E-state index contributed by atoms with van der Waals surface area (Å²) in [5, 5.41) is 3.98. The fourth-order valence-corrected chi connectivity index (χ4v) is 3.40. The van der Waals surface area contributed by atoms with Gasteiger partial charge < -0.3 is 5.32 Å². The Kier molecular flexibility index (Phi) is 4.24. The molecule has 2 aromatic rings. The Labute approximate surface area is 118 Å². The second-order valence-electron chi connectivity index (χ2n) is 4.04. The average molecular weight is 349 g/mol. The van der Waals surface area contributed by atoms with Crippen LogP contribution in [0, 0.1) is 0 Å². The van der Waals surface area contributed by atoms with Crippen LogP contribution in [0.2, 0.25) is 0 Å². The van der Waals surface area contributed by atoms with E-state index in [1.165, 1.54) is 6.26 Å². The first-order valence-electron chi connectivity index (χ1n) is 5.42. The van der Waals surface area contributed by atoms with Crippen LogP contribution in [0.3, 0.4) is 0 Å². The number of hydrogen-bond acceptors (Lipinski definition) is 5. The molecule has 0 atom stereocenters. The Hall–Kier alpha value is -0.660. The van der Waals surface area contributed by atoms with Gasteiger partial charge in [0.1, 0.15) is 9.84 Å². The van der Waals surface area contributed by atoms with Gasteiger partial charge in [0, 0.05) is 17.3 Å². The van der Waals surface area contributed by atoms with Crippen LogP contribution in [0.25, 0.3) is 10.2 Å². The van der Waals surface area contributed by atoms with Crippen molar-refractivity contribution in [3.63, 3.8) is 0 Å². The molecular formula is C11H13BrN2O2S2. The van der Waals surface area contributed by atoms with Crippen molar-refractivity contribution in [1.29, 1.82) is 0 Å². The van der Waals surface area contributed by atoms with Gasteiger partial charge in [-0.15, -0.1) is 0 Å². The van der Waals surface area contributed by atoms with Gasteiger partial charge in [-0.3, -0.25) is 0 Å². The summed E-state index contributed by atoms with van der Waals surface area (Å²) in [7, 11) is -2.87. The molecule has 7 heteroatoms. The maximum Gasteiger partial charge on any atom is 0.183 e. The topological polar surface area (TPSA) is 59.1 Å². The molecule has 0 aliphatic carbocycles. The summed E-state index contributed by atoms with van der Waals surface area (Å²) in [5.74, 6) is 0.205. The van der Waals surface area contributed by atoms with Crippen molar-refractivity contribution in [3.05, 3.63) is 22.7 Å². The van der Waals surface area contributed by atoms with E-state index < -0.39 is 9.84 Å². The van der Waals surface area contributed by atoms with E-state index in [4.69, 9.17) is 0 Å². The quantitative estimate of drug-likeness (QED) is 0.844. The highest BCUT2D eigenvalue weighted by molar-refractivity contribution is 9.10. The Morgan fingerprint density at radius 2 is 2.22 bits per heavy atom. The van der Waals surface area contributed by atoms with Crippen LogP contribution in [0.4, 0.5) is 5.13 Å². The first-order chi connectivity index (χ1) is 8.44. The molecule has 1 heterocycles. The lowest BCUT2D eigenvalue weighted by molar-refractivity contribution is 0.600. The highest BCUT2D eigenvalue weighted by Gasteiger charge is 2.05. The van der Waals surface area contributed by atoms with Gasteiger partial charge in [-0.1, -0.05) is 27.3 Å². The van der Waals surface area contributed by atoms with E-state index in [9.17, 15) is 8.42 Å². The molecule has 0 amide bonds. The molecule has 18 heavy (non-hydrogen) atoms. The number of fused-ring (bicyclic) bond motifs is 1. The Morgan fingerprint density at radius 1 is 1.44 bits per heavy atom. The Bertz CT molecular complexity index is 652. The first-order valence-corrected chi connectivity index (χ1v) is 9.09. The molecule has 0 bridgehead atoms. The van der Waals surface area contributed by atoms with Crippen LogP contribution in [0.1, 0.15) is 6.42 Å². The molecule has 0 aliphatic heterocycles. The average Bonchev–Trinajstić information content (AvgIpc) is 2.65. The van der Waals surface area contributed by atoms with Gasteiger partial charge in [0.25, 0.3) is 0 Å². The number of halogens is 1. The van der Waals surface area contributed by atoms with Gasteiger partial charge in [-0.05, 0) is 24.6 Å². The van der Waals surface area contributed by atoms with E-state index in [1.807, 2.05) is 18.2 Å². The van der Waals surface area contributed by atoms with Gasteiger partial charge in [0.05, 0.1) is 16.0 Å². The molecule has 1 aromatic heterocycles. The third-order valence-electron chi connectivity index (χ3n) is 2.32. The highest BCUT2D eigenvalue weighted by atomic mass is 79.9. The fraction of sp³-hybridized carbons (Fsp3) is 0.364. The van der Waals surface area contributed by atoms with E-state index in [1.54, 1.807) is 11.3 Å². The van der Waals surface area contributed by atoms with Crippen LogP contribution in [0.5, 0.6) is 0 Å². The summed E-state index contributed by atoms with van der Waals surface area (Å²) in [4.78, 5) is 4.44. The third-order valence-corrected chi connectivity index (χ3v) is 4.84. The molecule has 0 spiro atoms. The summed E-state index contributed by atoms with van der Waals surface area (Å²) < 4.78 is 24.1. The van der Waals surface area contributed by atoms with E-state index in [0.29, 0.717) is 13.0 Å². The van der Waals surface area contributed by atoms with Crippen LogP contribution in [-0.2, 0) is 9.84 Å². The molecule has 1 aromatic carbocycles. The number of sulfone groups is 1. The zero-order chi connectivity index (χ0) is 13.2. The molecular weight excluding hydrogens is 336 g/mol. The van der Waals surface area contributed by atoms with E-state index in [2.05, 4.69) is 26.2 Å². The summed E-state index contributed by atoms with van der Waals surface area (Å²) in [6.45, 7) is 0.619. The smallest absolute Gasteiger partial charge is 0.183 e. The third kappa shape index (κ3) is 3.93. The van der Waals surface area contributed by atoms with Crippen molar-refractivity contribution in [2.75, 3.05) is 23.9 Å². The molecule has 0 saturated heterocycles. The van der Waals surface area contributed by atoms with Crippen molar-refractivity contribution in [2.24, 2.45) is 0 Å². The molecule has 0 aliphatic rings. The zero-order valence-corrected chi connectivity index (χ0v) is 13.0. The number of benzene rings is 1. The van der Waals surface area contributed by atoms with Crippen molar-refractivity contribution < 1.29 is 8.42 Å². The minimum Gasteiger partial charge on any atom is -0.361 e. The summed E-state index contributed by atoms with van der Waals surface area (Å²) >= 11 is 4.98. The number of anilines is 1. The molecule has 98 valence electrons. The maximum atomic E-state index is 11.0. The highest BCUT2D eigenvalue weighted by Crippen LogP contribution is 2.27. The zero-order valence-electron chi connectivity index (χ0n) is 9.81. The number of aromatic nitrogens is 1. The predicted octanol–water partition coefficient (Wildman–Crippen LogP) is 2.91. The lowest BCUT2D eigenvalue weighted by atomic mass is 10.3. The lowest BCUT2D eigenvalue weighted by Gasteiger charge is -2.00. The van der Waals surface area contributed by atoms with Gasteiger partial charge in [0.2, 0.25) is 0 Å².